The Labute approximate surface area is 106 Å². The number of phenolic OH excluding ortho intramolecular Hbond substituents is 1. The van der Waals surface area contributed by atoms with E-state index in [-0.39, 0.29) is 23.7 Å². The van der Waals surface area contributed by atoms with Crippen molar-refractivity contribution in [3.63, 3.8) is 0 Å². The molecular weight excluding hydrogens is 235 g/mol. The molecule has 0 aliphatic rings. The van der Waals surface area contributed by atoms with Crippen LogP contribution in [0, 0.1) is 5.82 Å². The smallest absolute Gasteiger partial charge is 0.234 e. The van der Waals surface area contributed by atoms with Gasteiger partial charge in [0.25, 0.3) is 0 Å². The van der Waals surface area contributed by atoms with E-state index in [9.17, 15) is 9.18 Å². The average Bonchev–Trinajstić information content (AvgIpc) is 2.20. The summed E-state index contributed by atoms with van der Waals surface area (Å²) in [5.41, 5.74) is 0.414. The Bertz CT molecular complexity index is 427. The van der Waals surface area contributed by atoms with Crippen LogP contribution in [0.25, 0.3) is 0 Å². The van der Waals surface area contributed by atoms with Crippen molar-refractivity contribution in [3.05, 3.63) is 29.6 Å². The third-order valence-corrected chi connectivity index (χ3v) is 2.14. The highest BCUT2D eigenvalue weighted by Gasteiger charge is 2.12. The highest BCUT2D eigenvalue weighted by atomic mass is 19.1. The molecule has 5 heteroatoms. The maximum absolute atomic E-state index is 13.0. The first-order valence-electron chi connectivity index (χ1n) is 5.77. The number of aromatic hydroxyl groups is 1. The van der Waals surface area contributed by atoms with E-state index >= 15 is 0 Å². The van der Waals surface area contributed by atoms with Gasteiger partial charge in [0.2, 0.25) is 5.91 Å². The summed E-state index contributed by atoms with van der Waals surface area (Å²) < 4.78 is 13.0. The lowest BCUT2D eigenvalue weighted by Crippen LogP contribution is -2.44. The molecule has 0 aliphatic heterocycles. The van der Waals surface area contributed by atoms with Gasteiger partial charge in [0, 0.05) is 12.1 Å². The summed E-state index contributed by atoms with van der Waals surface area (Å²) in [5.74, 6) is -1.14. The van der Waals surface area contributed by atoms with Crippen LogP contribution < -0.4 is 10.6 Å². The lowest BCUT2D eigenvalue weighted by atomic mass is 10.1. The van der Waals surface area contributed by atoms with E-state index in [0.717, 1.165) is 0 Å². The van der Waals surface area contributed by atoms with Gasteiger partial charge in [-0.05, 0) is 38.5 Å². The van der Waals surface area contributed by atoms with Crippen LogP contribution in [0.15, 0.2) is 18.2 Å². The number of hydrogen-bond donors (Lipinski definition) is 3. The highest BCUT2D eigenvalue weighted by molar-refractivity contribution is 5.78. The summed E-state index contributed by atoms with van der Waals surface area (Å²) >= 11 is 0. The first kappa shape index (κ1) is 14.4. The molecule has 4 nitrogen and oxygen atoms in total. The number of amides is 1. The molecule has 1 rings (SSSR count). The Morgan fingerprint density at radius 2 is 2.06 bits per heavy atom. The molecule has 0 bridgehead atoms. The van der Waals surface area contributed by atoms with E-state index in [0.29, 0.717) is 12.1 Å². The van der Waals surface area contributed by atoms with Gasteiger partial charge in [0.15, 0.2) is 11.6 Å². The molecule has 0 radical (unpaired) electrons. The van der Waals surface area contributed by atoms with Crippen molar-refractivity contribution < 1.29 is 14.3 Å². The summed E-state index contributed by atoms with van der Waals surface area (Å²) in [6, 6.07) is 4.14. The standard InChI is InChI=1S/C13H19FN2O2/c1-13(2,3)16-12(18)8-15-7-9-4-5-11(17)10(14)6-9/h4-6,15,17H,7-8H2,1-3H3,(H,16,18). The van der Waals surface area contributed by atoms with E-state index in [1.807, 2.05) is 20.8 Å². The maximum Gasteiger partial charge on any atom is 0.234 e. The molecule has 3 N–H and O–H groups in total. The molecule has 100 valence electrons. The fraction of sp³-hybridized carbons (Fsp3) is 0.462. The van der Waals surface area contributed by atoms with Crippen molar-refractivity contribution in [2.24, 2.45) is 0 Å². The average molecular weight is 254 g/mol. The van der Waals surface area contributed by atoms with Crippen molar-refractivity contribution in [3.8, 4) is 5.75 Å². The Morgan fingerprint density at radius 1 is 1.39 bits per heavy atom. The second kappa shape index (κ2) is 5.82. The molecule has 1 aromatic carbocycles. The molecule has 1 amide bonds. The number of benzene rings is 1. The summed E-state index contributed by atoms with van der Waals surface area (Å²) in [4.78, 5) is 11.5. The van der Waals surface area contributed by atoms with Crippen LogP contribution in [0.4, 0.5) is 4.39 Å². The Kier molecular flexibility index (Phi) is 4.67. The van der Waals surface area contributed by atoms with Crippen molar-refractivity contribution in [1.82, 2.24) is 10.6 Å². The van der Waals surface area contributed by atoms with Crippen LogP contribution in [0.3, 0.4) is 0 Å². The van der Waals surface area contributed by atoms with E-state index in [2.05, 4.69) is 10.6 Å². The van der Waals surface area contributed by atoms with Gasteiger partial charge < -0.3 is 15.7 Å². The predicted molar refractivity (Wildman–Crippen MR) is 67.7 cm³/mol. The van der Waals surface area contributed by atoms with Crippen LogP contribution >= 0.6 is 0 Å². The zero-order chi connectivity index (χ0) is 13.8. The largest absolute Gasteiger partial charge is 0.505 e. The Morgan fingerprint density at radius 3 is 2.61 bits per heavy atom. The lowest BCUT2D eigenvalue weighted by molar-refractivity contribution is -0.121. The molecule has 0 aromatic heterocycles. The molecule has 0 saturated carbocycles. The van der Waals surface area contributed by atoms with Gasteiger partial charge in [-0.1, -0.05) is 6.07 Å². The van der Waals surface area contributed by atoms with Crippen molar-refractivity contribution in [1.29, 1.82) is 0 Å². The first-order chi connectivity index (χ1) is 8.28. The van der Waals surface area contributed by atoms with Gasteiger partial charge >= 0.3 is 0 Å². The quantitative estimate of drug-likeness (QED) is 0.763. The molecule has 0 unspecified atom stereocenters. The van der Waals surface area contributed by atoms with Gasteiger partial charge in [-0.2, -0.15) is 0 Å². The minimum Gasteiger partial charge on any atom is -0.505 e. The number of carbonyl (C=O) groups excluding carboxylic acids is 1. The van der Waals surface area contributed by atoms with Gasteiger partial charge in [-0.15, -0.1) is 0 Å². The van der Waals surface area contributed by atoms with Gasteiger partial charge in [-0.25, -0.2) is 4.39 Å². The van der Waals surface area contributed by atoms with Crippen LogP contribution in [-0.4, -0.2) is 23.1 Å². The minimum absolute atomic E-state index is 0.109. The molecule has 0 spiro atoms. The maximum atomic E-state index is 13.0. The third-order valence-electron chi connectivity index (χ3n) is 2.14. The fourth-order valence-corrected chi connectivity index (χ4v) is 1.44. The zero-order valence-corrected chi connectivity index (χ0v) is 10.9. The SMILES string of the molecule is CC(C)(C)NC(=O)CNCc1ccc(O)c(F)c1. The number of nitrogens with one attached hydrogen (secondary N) is 2. The van der Waals surface area contributed by atoms with Gasteiger partial charge in [-0.3, -0.25) is 4.79 Å². The monoisotopic (exact) mass is 254 g/mol. The second-order valence-electron chi connectivity index (χ2n) is 5.19. The summed E-state index contributed by atoms with van der Waals surface area (Å²) in [5, 5.41) is 14.7. The van der Waals surface area contributed by atoms with E-state index in [1.54, 1.807) is 6.07 Å². The number of phenols is 1. The van der Waals surface area contributed by atoms with Crippen LogP contribution in [0.5, 0.6) is 5.75 Å². The number of hydrogen-bond acceptors (Lipinski definition) is 3. The molecule has 18 heavy (non-hydrogen) atoms. The molecule has 0 heterocycles. The first-order valence-corrected chi connectivity index (χ1v) is 5.77. The van der Waals surface area contributed by atoms with E-state index in [1.165, 1.54) is 12.1 Å². The van der Waals surface area contributed by atoms with Crippen molar-refractivity contribution in [2.75, 3.05) is 6.54 Å². The predicted octanol–water partition coefficient (Wildman–Crippen LogP) is 1.54. The Balaban J connectivity index is 2.38. The Hall–Kier alpha value is -1.62. The summed E-state index contributed by atoms with van der Waals surface area (Å²) in [6.07, 6.45) is 0. The summed E-state index contributed by atoms with van der Waals surface area (Å²) in [6.45, 7) is 6.25. The van der Waals surface area contributed by atoms with Crippen LogP contribution in [0.2, 0.25) is 0 Å². The number of rotatable bonds is 4. The molecule has 0 aliphatic carbocycles. The molecule has 0 saturated heterocycles. The van der Waals surface area contributed by atoms with Crippen molar-refractivity contribution >= 4 is 5.91 Å². The van der Waals surface area contributed by atoms with E-state index in [4.69, 9.17) is 5.11 Å². The molecule has 0 atom stereocenters. The fourth-order valence-electron chi connectivity index (χ4n) is 1.44. The van der Waals surface area contributed by atoms with Gasteiger partial charge in [0.05, 0.1) is 6.54 Å². The molecule has 0 fully saturated rings. The number of carbonyl (C=O) groups is 1. The third kappa shape index (κ3) is 5.14. The molecule has 1 aromatic rings. The zero-order valence-electron chi connectivity index (χ0n) is 10.9. The lowest BCUT2D eigenvalue weighted by Gasteiger charge is -2.20. The second-order valence-corrected chi connectivity index (χ2v) is 5.19. The van der Waals surface area contributed by atoms with Gasteiger partial charge in [0.1, 0.15) is 0 Å². The normalized spacial score (nSPS) is 11.3. The van der Waals surface area contributed by atoms with Crippen LogP contribution in [0.1, 0.15) is 26.3 Å². The van der Waals surface area contributed by atoms with Crippen molar-refractivity contribution in [2.45, 2.75) is 32.9 Å². The minimum atomic E-state index is -0.659. The molecular formula is C13H19FN2O2. The topological polar surface area (TPSA) is 61.4 Å². The van der Waals surface area contributed by atoms with E-state index < -0.39 is 5.82 Å². The summed E-state index contributed by atoms with van der Waals surface area (Å²) in [7, 11) is 0. The number of halogens is 1. The van der Waals surface area contributed by atoms with Crippen LogP contribution in [-0.2, 0) is 11.3 Å². The highest BCUT2D eigenvalue weighted by Crippen LogP contribution is 2.15.